The smallest absolute Gasteiger partial charge is 0.302 e. The quantitative estimate of drug-likeness (QED) is 0.475. The maximum atomic E-state index is 10.6. The summed E-state index contributed by atoms with van der Waals surface area (Å²) in [7, 11) is 0. The molecule has 0 aromatic rings. The summed E-state index contributed by atoms with van der Waals surface area (Å²) >= 11 is 0. The molecule has 0 aliphatic rings. The minimum Gasteiger partial charge on any atom is -0.466 e. The standard InChI is InChI=1S/C12H22O4/c1-10(16-12(3)14)8-6-4-5-7-9-15-11(2)13/h10H,4-9H2,1-3H3. The van der Waals surface area contributed by atoms with Crippen molar-refractivity contribution in [1.82, 2.24) is 0 Å². The third-order valence-electron chi connectivity index (χ3n) is 2.18. The van der Waals surface area contributed by atoms with Crippen LogP contribution in [0, 0.1) is 0 Å². The Labute approximate surface area is 97.3 Å². The molecule has 0 aromatic heterocycles. The van der Waals surface area contributed by atoms with E-state index < -0.39 is 0 Å². The minimum atomic E-state index is -0.220. The van der Waals surface area contributed by atoms with Crippen LogP contribution in [0.4, 0.5) is 0 Å². The number of carbonyl (C=O) groups is 2. The van der Waals surface area contributed by atoms with E-state index in [2.05, 4.69) is 0 Å². The lowest BCUT2D eigenvalue weighted by atomic mass is 10.1. The van der Waals surface area contributed by atoms with E-state index in [1.807, 2.05) is 6.92 Å². The molecule has 0 aromatic carbocycles. The molecule has 16 heavy (non-hydrogen) atoms. The van der Waals surface area contributed by atoms with Gasteiger partial charge in [-0.3, -0.25) is 9.59 Å². The second kappa shape index (κ2) is 9.19. The fourth-order valence-electron chi connectivity index (χ4n) is 1.45. The summed E-state index contributed by atoms with van der Waals surface area (Å²) in [4.78, 5) is 21.1. The van der Waals surface area contributed by atoms with Gasteiger partial charge in [-0.05, 0) is 26.2 Å². The first-order valence-electron chi connectivity index (χ1n) is 5.83. The Morgan fingerprint density at radius 3 is 2.19 bits per heavy atom. The predicted octanol–water partition coefficient (Wildman–Crippen LogP) is 2.45. The molecule has 0 aliphatic heterocycles. The molecule has 1 unspecified atom stereocenters. The predicted molar refractivity (Wildman–Crippen MR) is 60.9 cm³/mol. The maximum absolute atomic E-state index is 10.6. The van der Waals surface area contributed by atoms with Gasteiger partial charge in [-0.2, -0.15) is 0 Å². The number of hydrogen-bond donors (Lipinski definition) is 0. The van der Waals surface area contributed by atoms with Crippen molar-refractivity contribution >= 4 is 11.9 Å². The van der Waals surface area contributed by atoms with E-state index in [1.54, 1.807) is 0 Å². The van der Waals surface area contributed by atoms with Crippen LogP contribution in [0.1, 0.15) is 52.9 Å². The molecular weight excluding hydrogens is 208 g/mol. The van der Waals surface area contributed by atoms with Gasteiger partial charge < -0.3 is 9.47 Å². The van der Waals surface area contributed by atoms with Crippen LogP contribution in [-0.4, -0.2) is 24.6 Å². The van der Waals surface area contributed by atoms with Crippen LogP contribution < -0.4 is 0 Å². The Balaban J connectivity index is 3.20. The van der Waals surface area contributed by atoms with E-state index in [9.17, 15) is 9.59 Å². The van der Waals surface area contributed by atoms with Gasteiger partial charge in [-0.1, -0.05) is 12.8 Å². The highest BCUT2D eigenvalue weighted by Crippen LogP contribution is 2.08. The molecule has 0 saturated heterocycles. The van der Waals surface area contributed by atoms with E-state index >= 15 is 0 Å². The summed E-state index contributed by atoms with van der Waals surface area (Å²) < 4.78 is 9.81. The lowest BCUT2D eigenvalue weighted by Crippen LogP contribution is -2.11. The normalized spacial score (nSPS) is 11.9. The fourth-order valence-corrected chi connectivity index (χ4v) is 1.45. The lowest BCUT2D eigenvalue weighted by Gasteiger charge is -2.11. The molecule has 0 radical (unpaired) electrons. The van der Waals surface area contributed by atoms with Gasteiger partial charge >= 0.3 is 11.9 Å². The molecule has 0 amide bonds. The Morgan fingerprint density at radius 1 is 1.00 bits per heavy atom. The number of esters is 2. The molecule has 0 bridgehead atoms. The van der Waals surface area contributed by atoms with Crippen LogP contribution in [-0.2, 0) is 19.1 Å². The number of ether oxygens (including phenoxy) is 2. The first kappa shape index (κ1) is 14.9. The highest BCUT2D eigenvalue weighted by molar-refractivity contribution is 5.66. The largest absolute Gasteiger partial charge is 0.466 e. The van der Waals surface area contributed by atoms with Gasteiger partial charge in [0.05, 0.1) is 12.7 Å². The van der Waals surface area contributed by atoms with Gasteiger partial charge in [0.25, 0.3) is 0 Å². The molecule has 0 heterocycles. The van der Waals surface area contributed by atoms with Crippen LogP contribution in [0.2, 0.25) is 0 Å². The van der Waals surface area contributed by atoms with E-state index in [4.69, 9.17) is 9.47 Å². The van der Waals surface area contributed by atoms with E-state index in [0.717, 1.165) is 32.1 Å². The highest BCUT2D eigenvalue weighted by atomic mass is 16.5. The van der Waals surface area contributed by atoms with Crippen LogP contribution in [0.15, 0.2) is 0 Å². The summed E-state index contributed by atoms with van der Waals surface area (Å²) in [6.07, 6.45) is 4.96. The van der Waals surface area contributed by atoms with Crippen molar-refractivity contribution in [2.45, 2.75) is 59.0 Å². The zero-order valence-corrected chi connectivity index (χ0v) is 10.5. The molecule has 0 spiro atoms. The average Bonchev–Trinajstić information content (AvgIpc) is 2.14. The van der Waals surface area contributed by atoms with Gasteiger partial charge in [0.1, 0.15) is 0 Å². The van der Waals surface area contributed by atoms with Crippen LogP contribution in [0.5, 0.6) is 0 Å². The summed E-state index contributed by atoms with van der Waals surface area (Å²) in [5, 5.41) is 0. The lowest BCUT2D eigenvalue weighted by molar-refractivity contribution is -0.145. The van der Waals surface area contributed by atoms with Crippen molar-refractivity contribution in [2.75, 3.05) is 6.61 Å². The molecule has 4 heteroatoms. The van der Waals surface area contributed by atoms with Crippen molar-refractivity contribution in [3.05, 3.63) is 0 Å². The second-order valence-corrected chi connectivity index (χ2v) is 3.96. The Bertz CT molecular complexity index is 213. The molecule has 0 rings (SSSR count). The first-order valence-corrected chi connectivity index (χ1v) is 5.83. The van der Waals surface area contributed by atoms with Gasteiger partial charge in [0.2, 0.25) is 0 Å². The number of rotatable bonds is 8. The van der Waals surface area contributed by atoms with Crippen molar-refractivity contribution in [1.29, 1.82) is 0 Å². The van der Waals surface area contributed by atoms with E-state index in [-0.39, 0.29) is 18.0 Å². The SMILES string of the molecule is CC(=O)OCCCCCCC(C)OC(C)=O. The van der Waals surface area contributed by atoms with E-state index in [1.165, 1.54) is 13.8 Å². The number of carbonyl (C=O) groups excluding carboxylic acids is 2. The molecule has 0 aliphatic carbocycles. The molecule has 0 N–H and O–H groups in total. The molecule has 0 saturated carbocycles. The topological polar surface area (TPSA) is 52.6 Å². The average molecular weight is 230 g/mol. The minimum absolute atomic E-state index is 0.00553. The van der Waals surface area contributed by atoms with Crippen molar-refractivity contribution < 1.29 is 19.1 Å². The van der Waals surface area contributed by atoms with Gasteiger partial charge in [-0.15, -0.1) is 0 Å². The molecule has 0 fully saturated rings. The van der Waals surface area contributed by atoms with Crippen molar-refractivity contribution in [2.24, 2.45) is 0 Å². The maximum Gasteiger partial charge on any atom is 0.302 e. The monoisotopic (exact) mass is 230 g/mol. The summed E-state index contributed by atoms with van der Waals surface area (Å²) in [6, 6.07) is 0. The molecule has 94 valence electrons. The van der Waals surface area contributed by atoms with Crippen molar-refractivity contribution in [3.8, 4) is 0 Å². The van der Waals surface area contributed by atoms with Crippen molar-refractivity contribution in [3.63, 3.8) is 0 Å². The Morgan fingerprint density at radius 2 is 1.62 bits per heavy atom. The summed E-state index contributed by atoms with van der Waals surface area (Å²) in [5.41, 5.74) is 0. The number of hydrogen-bond acceptors (Lipinski definition) is 4. The van der Waals surface area contributed by atoms with Gasteiger partial charge in [0, 0.05) is 13.8 Å². The fraction of sp³-hybridized carbons (Fsp3) is 0.833. The highest BCUT2D eigenvalue weighted by Gasteiger charge is 2.04. The van der Waals surface area contributed by atoms with Gasteiger partial charge in [-0.25, -0.2) is 0 Å². The van der Waals surface area contributed by atoms with Crippen LogP contribution in [0.3, 0.4) is 0 Å². The molecular formula is C12H22O4. The Hall–Kier alpha value is -1.06. The van der Waals surface area contributed by atoms with Gasteiger partial charge in [0.15, 0.2) is 0 Å². The Kier molecular flexibility index (Phi) is 8.58. The van der Waals surface area contributed by atoms with E-state index in [0.29, 0.717) is 6.61 Å². The second-order valence-electron chi connectivity index (χ2n) is 3.96. The van der Waals surface area contributed by atoms with Crippen LogP contribution in [0.25, 0.3) is 0 Å². The first-order chi connectivity index (χ1) is 7.52. The zero-order valence-electron chi connectivity index (χ0n) is 10.5. The number of unbranched alkanes of at least 4 members (excludes halogenated alkanes) is 3. The third kappa shape index (κ3) is 11.0. The zero-order chi connectivity index (χ0) is 12.4. The summed E-state index contributed by atoms with van der Waals surface area (Å²) in [5.74, 6) is -0.439. The summed E-state index contributed by atoms with van der Waals surface area (Å²) in [6.45, 7) is 5.26. The van der Waals surface area contributed by atoms with Crippen LogP contribution >= 0.6 is 0 Å². The molecule has 1 atom stereocenters. The third-order valence-corrected chi connectivity index (χ3v) is 2.18. The molecule has 4 nitrogen and oxygen atoms in total.